The highest BCUT2D eigenvalue weighted by atomic mass is 19.3. The highest BCUT2D eigenvalue weighted by molar-refractivity contribution is 5.97. The van der Waals surface area contributed by atoms with Gasteiger partial charge in [-0.15, -0.1) is 0 Å². The molecule has 2 heterocycles. The molecule has 0 saturated heterocycles. The number of carbonyl (C=O) groups excluding carboxylic acids is 2. The molecule has 2 aromatic rings. The van der Waals surface area contributed by atoms with Crippen LogP contribution < -0.4 is 15.4 Å². The van der Waals surface area contributed by atoms with Gasteiger partial charge in [-0.1, -0.05) is 6.07 Å². The zero-order valence-electron chi connectivity index (χ0n) is 16.5. The molecule has 2 aromatic heterocycles. The predicted octanol–water partition coefficient (Wildman–Crippen LogP) is 3.34. The highest BCUT2D eigenvalue weighted by Gasteiger charge is 2.41. The first kappa shape index (κ1) is 22.4. The summed E-state index contributed by atoms with van der Waals surface area (Å²) in [5.74, 6) is -4.75. The summed E-state index contributed by atoms with van der Waals surface area (Å²) in [5, 5.41) is 5.36. The number of carbonyl (C=O) groups is 2. The lowest BCUT2D eigenvalue weighted by Crippen LogP contribution is -2.33. The molecule has 31 heavy (non-hydrogen) atoms. The maximum absolute atomic E-state index is 12.9. The predicted molar refractivity (Wildman–Crippen MR) is 102 cm³/mol. The number of nitrogens with one attached hydrogen (secondary N) is 2. The van der Waals surface area contributed by atoms with Gasteiger partial charge in [-0.3, -0.25) is 9.59 Å². The minimum atomic E-state index is -4.27. The van der Waals surface area contributed by atoms with Crippen LogP contribution in [0.15, 0.2) is 30.5 Å². The van der Waals surface area contributed by atoms with Gasteiger partial charge >= 0.3 is 12.3 Å². The summed E-state index contributed by atoms with van der Waals surface area (Å²) in [4.78, 5) is 32.3. The van der Waals surface area contributed by atoms with Crippen molar-refractivity contribution in [3.63, 3.8) is 0 Å². The summed E-state index contributed by atoms with van der Waals surface area (Å²) in [5.41, 5.74) is 1.40. The van der Waals surface area contributed by atoms with E-state index in [-0.39, 0.29) is 24.2 Å². The summed E-state index contributed by atoms with van der Waals surface area (Å²) in [7, 11) is 0. The maximum atomic E-state index is 12.9. The Morgan fingerprint density at radius 2 is 2.00 bits per heavy atom. The van der Waals surface area contributed by atoms with Crippen molar-refractivity contribution in [3.8, 4) is 5.88 Å². The number of rotatable bonds is 9. The highest BCUT2D eigenvalue weighted by Crippen LogP contribution is 2.30. The van der Waals surface area contributed by atoms with Crippen molar-refractivity contribution >= 4 is 17.6 Å². The third-order valence-corrected chi connectivity index (χ3v) is 4.40. The van der Waals surface area contributed by atoms with E-state index in [2.05, 4.69) is 25.3 Å². The van der Waals surface area contributed by atoms with Crippen LogP contribution >= 0.6 is 0 Å². The fourth-order valence-electron chi connectivity index (χ4n) is 2.56. The zero-order chi connectivity index (χ0) is 22.6. The van der Waals surface area contributed by atoms with Crippen molar-refractivity contribution in [1.82, 2.24) is 15.3 Å². The van der Waals surface area contributed by atoms with Gasteiger partial charge in [-0.2, -0.15) is 8.78 Å². The van der Waals surface area contributed by atoms with Crippen LogP contribution in [0, 0.1) is 12.8 Å². The van der Waals surface area contributed by atoms with Crippen LogP contribution in [-0.2, 0) is 11.3 Å². The molecular formula is C20H20F4N4O3. The van der Waals surface area contributed by atoms with Crippen molar-refractivity contribution < 1.29 is 31.9 Å². The average Bonchev–Trinajstić information content (AvgIpc) is 3.56. The van der Waals surface area contributed by atoms with Gasteiger partial charge in [0.2, 0.25) is 11.8 Å². The quantitative estimate of drug-likeness (QED) is 0.584. The minimum Gasteiger partial charge on any atom is -0.471 e. The third kappa shape index (κ3) is 6.37. The molecule has 7 nitrogen and oxygen atoms in total. The SMILES string of the molecule is Cc1cc(C(=O)NCc2ccc(OCC(F)(F)C(F)F)nc2)cc(NC(=O)C2CC2)n1. The van der Waals surface area contributed by atoms with Gasteiger partial charge in [0.15, 0.2) is 6.61 Å². The summed E-state index contributed by atoms with van der Waals surface area (Å²) < 4.78 is 54.6. The van der Waals surface area contributed by atoms with Gasteiger partial charge < -0.3 is 15.4 Å². The average molecular weight is 440 g/mol. The largest absolute Gasteiger partial charge is 0.471 e. The number of anilines is 1. The number of amides is 2. The van der Waals surface area contributed by atoms with Crippen molar-refractivity contribution in [2.24, 2.45) is 5.92 Å². The molecule has 3 rings (SSSR count). The minimum absolute atomic E-state index is 0.000593. The van der Waals surface area contributed by atoms with Crippen LogP contribution in [0.5, 0.6) is 5.88 Å². The first-order chi connectivity index (χ1) is 14.6. The second kappa shape index (κ2) is 9.27. The van der Waals surface area contributed by atoms with E-state index in [1.165, 1.54) is 24.4 Å². The maximum Gasteiger partial charge on any atom is 0.340 e. The van der Waals surface area contributed by atoms with Gasteiger partial charge in [0, 0.05) is 36.0 Å². The second-order valence-corrected chi connectivity index (χ2v) is 7.18. The normalized spacial score (nSPS) is 13.7. The molecule has 0 aromatic carbocycles. The van der Waals surface area contributed by atoms with Crippen LogP contribution in [0.25, 0.3) is 0 Å². The Hall–Kier alpha value is -3.24. The van der Waals surface area contributed by atoms with Gasteiger partial charge in [0.1, 0.15) is 5.82 Å². The number of pyridine rings is 2. The van der Waals surface area contributed by atoms with E-state index >= 15 is 0 Å². The van der Waals surface area contributed by atoms with E-state index in [1.54, 1.807) is 13.0 Å². The molecule has 2 amide bonds. The first-order valence-corrected chi connectivity index (χ1v) is 9.45. The molecule has 2 N–H and O–H groups in total. The molecule has 0 unspecified atom stereocenters. The monoisotopic (exact) mass is 440 g/mol. The molecule has 1 saturated carbocycles. The Labute approximate surface area is 175 Å². The molecule has 1 aliphatic rings. The van der Waals surface area contributed by atoms with Crippen LogP contribution in [0.1, 0.15) is 34.5 Å². The number of hydrogen-bond donors (Lipinski definition) is 2. The molecule has 1 fully saturated rings. The first-order valence-electron chi connectivity index (χ1n) is 9.45. The van der Waals surface area contributed by atoms with Crippen LogP contribution in [0.3, 0.4) is 0 Å². The Kier molecular flexibility index (Phi) is 6.71. The number of nitrogens with zero attached hydrogens (tertiary/aromatic N) is 2. The van der Waals surface area contributed by atoms with E-state index in [0.717, 1.165) is 12.8 Å². The summed E-state index contributed by atoms with van der Waals surface area (Å²) >= 11 is 0. The fourth-order valence-corrected chi connectivity index (χ4v) is 2.56. The fraction of sp³-hybridized carbons (Fsp3) is 0.400. The number of halogens is 4. The molecular weight excluding hydrogens is 420 g/mol. The van der Waals surface area contributed by atoms with Gasteiger partial charge in [0.05, 0.1) is 0 Å². The van der Waals surface area contributed by atoms with Crippen molar-refractivity contribution in [2.75, 3.05) is 11.9 Å². The van der Waals surface area contributed by atoms with Gasteiger partial charge in [-0.25, -0.2) is 18.7 Å². The summed E-state index contributed by atoms with van der Waals surface area (Å²) in [6.07, 6.45) is -0.870. The number of aromatic nitrogens is 2. The van der Waals surface area contributed by atoms with E-state index in [9.17, 15) is 27.2 Å². The molecule has 11 heteroatoms. The number of alkyl halides is 4. The molecule has 0 bridgehead atoms. The van der Waals surface area contributed by atoms with E-state index in [1.807, 2.05) is 0 Å². The Morgan fingerprint density at radius 1 is 1.26 bits per heavy atom. The molecule has 0 spiro atoms. The van der Waals surface area contributed by atoms with Crippen LogP contribution in [0.2, 0.25) is 0 Å². The third-order valence-electron chi connectivity index (χ3n) is 4.40. The number of aryl methyl sites for hydroxylation is 1. The molecule has 1 aliphatic carbocycles. The smallest absolute Gasteiger partial charge is 0.340 e. The lowest BCUT2D eigenvalue weighted by Gasteiger charge is -2.15. The Morgan fingerprint density at radius 3 is 2.61 bits per heavy atom. The van der Waals surface area contributed by atoms with Crippen molar-refractivity contribution in [3.05, 3.63) is 47.3 Å². The lowest BCUT2D eigenvalue weighted by atomic mass is 10.2. The van der Waals surface area contributed by atoms with E-state index in [0.29, 0.717) is 22.6 Å². The summed E-state index contributed by atoms with van der Waals surface area (Å²) in [6, 6.07) is 5.74. The number of ether oxygens (including phenoxy) is 1. The topological polar surface area (TPSA) is 93.2 Å². The second-order valence-electron chi connectivity index (χ2n) is 7.18. The Bertz CT molecular complexity index is 950. The Balaban J connectivity index is 1.54. The number of hydrogen-bond acceptors (Lipinski definition) is 5. The molecule has 166 valence electrons. The zero-order valence-corrected chi connectivity index (χ0v) is 16.5. The van der Waals surface area contributed by atoms with E-state index < -0.39 is 24.9 Å². The van der Waals surface area contributed by atoms with Gasteiger partial charge in [0.25, 0.3) is 5.91 Å². The summed E-state index contributed by atoms with van der Waals surface area (Å²) in [6.45, 7) is 0.281. The van der Waals surface area contributed by atoms with Crippen LogP contribution in [-0.4, -0.2) is 40.7 Å². The molecule has 0 atom stereocenters. The molecule has 0 radical (unpaired) electrons. The standard InChI is InChI=1S/C20H20F4N4O3/c1-11-6-14(7-15(27-11)28-18(30)13-3-4-13)17(29)26-9-12-2-5-16(25-8-12)31-10-20(23,24)19(21)22/h2,5-8,13,19H,3-4,9-10H2,1H3,(H,26,29)(H,27,28,30). The van der Waals surface area contributed by atoms with E-state index in [4.69, 9.17) is 0 Å². The lowest BCUT2D eigenvalue weighted by molar-refractivity contribution is -0.148. The van der Waals surface area contributed by atoms with Gasteiger partial charge in [-0.05, 0) is 37.5 Å². The van der Waals surface area contributed by atoms with Crippen molar-refractivity contribution in [2.45, 2.75) is 38.7 Å². The molecule has 0 aliphatic heterocycles. The van der Waals surface area contributed by atoms with Crippen molar-refractivity contribution in [1.29, 1.82) is 0 Å². The van der Waals surface area contributed by atoms with Crippen LogP contribution in [0.4, 0.5) is 23.4 Å².